The maximum atomic E-state index is 11.3. The molecule has 0 radical (unpaired) electrons. The molecule has 0 aliphatic carbocycles. The average Bonchev–Trinajstić information content (AvgIpc) is 3.05. The summed E-state index contributed by atoms with van der Waals surface area (Å²) in [4.78, 5) is 25.2. The molecular formula is C22H25ClN4O3S. The molecular weight excluding hydrogens is 436 g/mol. The van der Waals surface area contributed by atoms with Crippen LogP contribution in [0.2, 0.25) is 5.02 Å². The van der Waals surface area contributed by atoms with Crippen LogP contribution >= 0.6 is 22.9 Å². The van der Waals surface area contributed by atoms with Crippen LogP contribution in [-0.2, 0) is 11.3 Å². The highest BCUT2D eigenvalue weighted by molar-refractivity contribution is 7.18. The lowest BCUT2D eigenvalue weighted by Gasteiger charge is -2.30. The van der Waals surface area contributed by atoms with Crippen molar-refractivity contribution >= 4 is 50.9 Å². The number of thiophene rings is 1. The van der Waals surface area contributed by atoms with Crippen LogP contribution in [-0.4, -0.2) is 41.2 Å². The van der Waals surface area contributed by atoms with Crippen molar-refractivity contribution in [1.29, 1.82) is 0 Å². The number of nitrogens with one attached hydrogen (secondary N) is 1. The van der Waals surface area contributed by atoms with E-state index in [9.17, 15) is 9.90 Å². The Labute approximate surface area is 190 Å². The van der Waals surface area contributed by atoms with E-state index >= 15 is 0 Å². The predicted octanol–water partition coefficient (Wildman–Crippen LogP) is 4.88. The number of halogens is 1. The first-order valence-corrected chi connectivity index (χ1v) is 11.4. The topological polar surface area (TPSA) is 87.6 Å². The van der Waals surface area contributed by atoms with Crippen LogP contribution in [0.4, 0.5) is 11.8 Å². The Balaban J connectivity index is 1.62. The minimum Gasteiger partial charge on any atom is -0.495 e. The fourth-order valence-electron chi connectivity index (χ4n) is 3.84. The Morgan fingerprint density at radius 3 is 2.71 bits per heavy atom. The Hall–Kier alpha value is -2.58. The van der Waals surface area contributed by atoms with Crippen molar-refractivity contribution in [3.63, 3.8) is 0 Å². The zero-order valence-corrected chi connectivity index (χ0v) is 19.3. The second kappa shape index (κ2) is 8.88. The van der Waals surface area contributed by atoms with E-state index in [1.807, 2.05) is 18.2 Å². The van der Waals surface area contributed by atoms with Crippen LogP contribution in [0, 0.1) is 19.8 Å². The van der Waals surface area contributed by atoms with Gasteiger partial charge in [0.05, 0.1) is 23.4 Å². The molecule has 1 aliphatic heterocycles. The van der Waals surface area contributed by atoms with Crippen LogP contribution in [0.25, 0.3) is 10.2 Å². The van der Waals surface area contributed by atoms with Gasteiger partial charge in [-0.2, -0.15) is 4.98 Å². The van der Waals surface area contributed by atoms with E-state index in [2.05, 4.69) is 24.1 Å². The molecule has 3 heterocycles. The molecule has 1 aliphatic rings. The summed E-state index contributed by atoms with van der Waals surface area (Å²) in [6.45, 7) is 6.01. The Kier molecular flexibility index (Phi) is 6.20. The van der Waals surface area contributed by atoms with Gasteiger partial charge < -0.3 is 20.1 Å². The number of carboxylic acids is 1. The summed E-state index contributed by atoms with van der Waals surface area (Å²) in [7, 11) is 1.60. The molecule has 0 bridgehead atoms. The molecule has 1 saturated heterocycles. The van der Waals surface area contributed by atoms with Gasteiger partial charge in [0, 0.05) is 24.5 Å². The quantitative estimate of drug-likeness (QED) is 0.541. The number of aliphatic carboxylic acids is 1. The molecule has 164 valence electrons. The molecule has 0 spiro atoms. The number of hydrogen-bond donors (Lipinski definition) is 2. The van der Waals surface area contributed by atoms with E-state index in [1.165, 1.54) is 10.4 Å². The van der Waals surface area contributed by atoms with Gasteiger partial charge in [0.25, 0.3) is 0 Å². The van der Waals surface area contributed by atoms with Crippen LogP contribution < -0.4 is 15.0 Å². The molecule has 0 saturated carbocycles. The fraction of sp³-hybridized carbons (Fsp3) is 0.409. The number of piperidine rings is 1. The molecule has 2 N–H and O–H groups in total. The Morgan fingerprint density at radius 2 is 2.06 bits per heavy atom. The molecule has 3 aromatic rings. The van der Waals surface area contributed by atoms with Gasteiger partial charge in [-0.25, -0.2) is 4.98 Å². The number of hydrogen-bond acceptors (Lipinski definition) is 7. The summed E-state index contributed by atoms with van der Waals surface area (Å²) in [5.74, 6) is 1.07. The van der Waals surface area contributed by atoms with Crippen LogP contribution in [0.15, 0.2) is 18.2 Å². The van der Waals surface area contributed by atoms with Crippen LogP contribution in [0.1, 0.15) is 28.8 Å². The summed E-state index contributed by atoms with van der Waals surface area (Å²) in [5, 5.41) is 14.3. The van der Waals surface area contributed by atoms with Gasteiger partial charge in [-0.15, -0.1) is 11.3 Å². The Morgan fingerprint density at radius 1 is 1.32 bits per heavy atom. The van der Waals surface area contributed by atoms with E-state index in [0.717, 1.165) is 21.6 Å². The largest absolute Gasteiger partial charge is 0.495 e. The number of anilines is 2. The second-order valence-electron chi connectivity index (χ2n) is 7.76. The van der Waals surface area contributed by atoms with Crippen LogP contribution in [0.3, 0.4) is 0 Å². The van der Waals surface area contributed by atoms with Gasteiger partial charge >= 0.3 is 5.97 Å². The van der Waals surface area contributed by atoms with Crippen molar-refractivity contribution in [2.45, 2.75) is 33.2 Å². The third-order valence-electron chi connectivity index (χ3n) is 5.82. The number of methoxy groups -OCH3 is 1. The van der Waals surface area contributed by atoms with Gasteiger partial charge in [0.1, 0.15) is 16.4 Å². The highest BCUT2D eigenvalue weighted by Crippen LogP contribution is 2.36. The van der Waals surface area contributed by atoms with Crippen molar-refractivity contribution < 1.29 is 14.6 Å². The summed E-state index contributed by atoms with van der Waals surface area (Å²) in [6.07, 6.45) is 1.21. The van der Waals surface area contributed by atoms with Crippen molar-refractivity contribution in [2.75, 3.05) is 30.4 Å². The van der Waals surface area contributed by atoms with Crippen molar-refractivity contribution in [3.8, 4) is 5.75 Å². The van der Waals surface area contributed by atoms with Gasteiger partial charge in [0.2, 0.25) is 5.95 Å². The number of ether oxygens (including phenoxy) is 1. The zero-order chi connectivity index (χ0) is 22.1. The lowest BCUT2D eigenvalue weighted by Crippen LogP contribution is -2.37. The summed E-state index contributed by atoms with van der Waals surface area (Å²) >= 11 is 7.93. The average molecular weight is 461 g/mol. The minimum atomic E-state index is -0.721. The van der Waals surface area contributed by atoms with Gasteiger partial charge in [-0.05, 0) is 49.9 Å². The molecule has 0 unspecified atom stereocenters. The highest BCUT2D eigenvalue weighted by atomic mass is 35.5. The van der Waals surface area contributed by atoms with Crippen molar-refractivity contribution in [2.24, 2.45) is 5.92 Å². The first-order valence-electron chi connectivity index (χ1n) is 10.2. The number of aromatic nitrogens is 2. The highest BCUT2D eigenvalue weighted by Gasteiger charge is 2.27. The lowest BCUT2D eigenvalue weighted by atomic mass is 9.97. The lowest BCUT2D eigenvalue weighted by molar-refractivity contribution is -0.142. The van der Waals surface area contributed by atoms with E-state index in [0.29, 0.717) is 49.2 Å². The van der Waals surface area contributed by atoms with Gasteiger partial charge in [0.15, 0.2) is 0 Å². The summed E-state index contributed by atoms with van der Waals surface area (Å²) < 4.78 is 5.23. The normalized spacial score (nSPS) is 14.8. The third kappa shape index (κ3) is 4.41. The molecule has 31 heavy (non-hydrogen) atoms. The number of benzene rings is 1. The second-order valence-corrected chi connectivity index (χ2v) is 9.37. The minimum absolute atomic E-state index is 0.288. The molecule has 1 aromatic carbocycles. The molecule has 0 atom stereocenters. The first kappa shape index (κ1) is 21.6. The monoisotopic (exact) mass is 460 g/mol. The maximum absolute atomic E-state index is 11.3. The zero-order valence-electron chi connectivity index (χ0n) is 17.7. The predicted molar refractivity (Wildman–Crippen MR) is 125 cm³/mol. The van der Waals surface area contributed by atoms with E-state index < -0.39 is 5.97 Å². The number of carbonyl (C=O) groups is 1. The number of nitrogens with zero attached hydrogens (tertiary/aromatic N) is 3. The standard InChI is InChI=1S/C22H25ClN4O3S/c1-12-13(2)31-20-18(12)19(24-11-14-4-5-17(30-3)16(23)10-14)25-22(26-20)27-8-6-15(7-9-27)21(28)29/h4-5,10,15H,6-9,11H2,1-3H3,(H,28,29)(H,24,25,26). The van der Waals surface area contributed by atoms with E-state index in [1.54, 1.807) is 18.4 Å². The SMILES string of the molecule is COc1ccc(CNc2nc(N3CCC(C(=O)O)CC3)nc3sc(C)c(C)c23)cc1Cl. The molecule has 1 fully saturated rings. The van der Waals surface area contributed by atoms with Gasteiger partial charge in [-0.3, -0.25) is 4.79 Å². The number of fused-ring (bicyclic) bond motifs is 1. The smallest absolute Gasteiger partial charge is 0.306 e. The van der Waals surface area contributed by atoms with E-state index in [4.69, 9.17) is 26.3 Å². The first-order chi connectivity index (χ1) is 14.9. The van der Waals surface area contributed by atoms with Crippen molar-refractivity contribution in [3.05, 3.63) is 39.2 Å². The summed E-state index contributed by atoms with van der Waals surface area (Å²) in [5.41, 5.74) is 2.19. The summed E-state index contributed by atoms with van der Waals surface area (Å²) in [6, 6.07) is 5.71. The molecule has 2 aromatic heterocycles. The number of aryl methyl sites for hydroxylation is 2. The Bertz CT molecular complexity index is 1130. The molecule has 9 heteroatoms. The number of rotatable bonds is 6. The van der Waals surface area contributed by atoms with Crippen LogP contribution in [0.5, 0.6) is 5.75 Å². The molecule has 0 amide bonds. The fourth-order valence-corrected chi connectivity index (χ4v) is 5.14. The van der Waals surface area contributed by atoms with Crippen molar-refractivity contribution in [1.82, 2.24) is 9.97 Å². The molecule has 7 nitrogen and oxygen atoms in total. The maximum Gasteiger partial charge on any atom is 0.306 e. The van der Waals surface area contributed by atoms with Gasteiger partial charge in [-0.1, -0.05) is 17.7 Å². The van der Waals surface area contributed by atoms with E-state index in [-0.39, 0.29) is 5.92 Å². The molecule has 4 rings (SSSR count). The third-order valence-corrected chi connectivity index (χ3v) is 7.22. The number of carboxylic acid groups (broad SMARTS) is 1.